The molecule has 7 rings (SSSR count). The van der Waals surface area contributed by atoms with Crippen LogP contribution in [0, 0.1) is 5.95 Å². The SMILES string of the molecule is Fc1ncccc1-c1ccc2c(c1)c(-c1cn(-c3ccc4c(c3)CCNC4)nn1)nn2C1CCCCO1. The highest BCUT2D eigenvalue weighted by atomic mass is 19.1. The van der Waals surface area contributed by atoms with E-state index in [0.29, 0.717) is 23.6 Å². The first-order chi connectivity index (χ1) is 18.2. The number of benzene rings is 2. The van der Waals surface area contributed by atoms with E-state index in [1.165, 1.54) is 17.3 Å². The topological polar surface area (TPSA) is 82.7 Å². The van der Waals surface area contributed by atoms with Crippen molar-refractivity contribution in [3.05, 3.63) is 78.0 Å². The van der Waals surface area contributed by atoms with Crippen LogP contribution in [0.4, 0.5) is 4.39 Å². The van der Waals surface area contributed by atoms with Crippen LogP contribution in [0.3, 0.4) is 0 Å². The summed E-state index contributed by atoms with van der Waals surface area (Å²) >= 11 is 0. The minimum Gasteiger partial charge on any atom is -0.356 e. The van der Waals surface area contributed by atoms with Gasteiger partial charge in [0.1, 0.15) is 11.4 Å². The molecule has 1 saturated heterocycles. The minimum atomic E-state index is -0.500. The van der Waals surface area contributed by atoms with Crippen LogP contribution in [0.25, 0.3) is 39.1 Å². The Hall–Kier alpha value is -3.95. The molecule has 0 bridgehead atoms. The third-order valence-corrected chi connectivity index (χ3v) is 7.28. The van der Waals surface area contributed by atoms with E-state index in [0.717, 1.165) is 60.9 Å². The molecule has 2 aliphatic rings. The largest absolute Gasteiger partial charge is 0.356 e. The van der Waals surface area contributed by atoms with Gasteiger partial charge in [0.2, 0.25) is 5.95 Å². The van der Waals surface area contributed by atoms with E-state index in [2.05, 4.69) is 38.8 Å². The van der Waals surface area contributed by atoms with Crippen LogP contribution in [0.1, 0.15) is 36.6 Å². The molecule has 2 aliphatic heterocycles. The maximum Gasteiger partial charge on any atom is 0.220 e. The first kappa shape index (κ1) is 22.3. The van der Waals surface area contributed by atoms with Crippen molar-refractivity contribution in [1.29, 1.82) is 0 Å². The van der Waals surface area contributed by atoms with Gasteiger partial charge >= 0.3 is 0 Å². The van der Waals surface area contributed by atoms with Crippen molar-refractivity contribution < 1.29 is 9.13 Å². The normalized spacial score (nSPS) is 17.7. The van der Waals surface area contributed by atoms with E-state index < -0.39 is 5.95 Å². The predicted molar refractivity (Wildman–Crippen MR) is 138 cm³/mol. The summed E-state index contributed by atoms with van der Waals surface area (Å²) in [5.41, 5.74) is 7.08. The number of ether oxygens (including phenoxy) is 1. The second kappa shape index (κ2) is 9.17. The van der Waals surface area contributed by atoms with Crippen molar-refractivity contribution in [3.8, 4) is 28.2 Å². The number of halogens is 1. The van der Waals surface area contributed by atoms with E-state index in [4.69, 9.17) is 9.84 Å². The van der Waals surface area contributed by atoms with Gasteiger partial charge in [0.25, 0.3) is 0 Å². The molecule has 5 heterocycles. The molecule has 0 aliphatic carbocycles. The maximum absolute atomic E-state index is 14.5. The molecule has 186 valence electrons. The monoisotopic (exact) mass is 495 g/mol. The summed E-state index contributed by atoms with van der Waals surface area (Å²) in [6.07, 6.45) is 7.25. The Kier molecular flexibility index (Phi) is 5.52. The molecule has 1 fully saturated rings. The number of fused-ring (bicyclic) bond motifs is 2. The fourth-order valence-electron chi connectivity index (χ4n) is 5.34. The lowest BCUT2D eigenvalue weighted by Crippen LogP contribution is -2.23. The van der Waals surface area contributed by atoms with Crippen molar-refractivity contribution in [1.82, 2.24) is 35.1 Å². The molecular weight excluding hydrogens is 469 g/mol. The molecule has 0 amide bonds. The average molecular weight is 496 g/mol. The standard InChI is InChI=1S/C28H26FN7O/c29-28-22(4-3-11-31-28)19-7-9-25-23(15-19)27(33-36(25)26-5-1-2-13-37-26)24-17-35(34-32-24)21-8-6-20-16-30-12-10-18(20)14-21/h3-4,6-9,11,14-15,17,26,30H,1-2,5,10,12-13,16H2. The van der Waals surface area contributed by atoms with E-state index >= 15 is 0 Å². The highest BCUT2D eigenvalue weighted by molar-refractivity contribution is 5.95. The fourth-order valence-corrected chi connectivity index (χ4v) is 5.34. The van der Waals surface area contributed by atoms with Crippen molar-refractivity contribution >= 4 is 10.9 Å². The Morgan fingerprint density at radius 2 is 2.03 bits per heavy atom. The molecule has 8 nitrogen and oxygen atoms in total. The first-order valence-corrected chi connectivity index (χ1v) is 12.7. The Morgan fingerprint density at radius 3 is 2.92 bits per heavy atom. The molecule has 0 radical (unpaired) electrons. The van der Waals surface area contributed by atoms with Gasteiger partial charge in [-0.1, -0.05) is 17.3 Å². The number of hydrogen-bond donors (Lipinski definition) is 1. The van der Waals surface area contributed by atoms with Gasteiger partial charge in [0, 0.05) is 30.3 Å². The summed E-state index contributed by atoms with van der Waals surface area (Å²) in [6, 6.07) is 15.7. The summed E-state index contributed by atoms with van der Waals surface area (Å²) in [5, 5.41) is 18.2. The molecule has 3 aromatic heterocycles. The fraction of sp³-hybridized carbons (Fsp3) is 0.286. The molecule has 5 aromatic rings. The number of nitrogens with one attached hydrogen (secondary N) is 1. The first-order valence-electron chi connectivity index (χ1n) is 12.7. The second-order valence-corrected chi connectivity index (χ2v) is 9.62. The van der Waals surface area contributed by atoms with Crippen molar-refractivity contribution in [2.24, 2.45) is 0 Å². The lowest BCUT2D eigenvalue weighted by molar-refractivity contribution is -0.0365. The summed E-state index contributed by atoms with van der Waals surface area (Å²) in [5.74, 6) is -0.500. The van der Waals surface area contributed by atoms with E-state index in [-0.39, 0.29) is 6.23 Å². The quantitative estimate of drug-likeness (QED) is 0.360. The molecule has 37 heavy (non-hydrogen) atoms. The van der Waals surface area contributed by atoms with E-state index in [1.807, 2.05) is 29.1 Å². The van der Waals surface area contributed by atoms with Crippen LogP contribution in [0.5, 0.6) is 0 Å². The number of pyridine rings is 1. The number of nitrogens with zero attached hydrogens (tertiary/aromatic N) is 6. The summed E-state index contributed by atoms with van der Waals surface area (Å²) in [4.78, 5) is 3.83. The molecule has 1 unspecified atom stereocenters. The van der Waals surface area contributed by atoms with Crippen molar-refractivity contribution in [2.75, 3.05) is 13.2 Å². The molecular formula is C28H26FN7O. The third kappa shape index (κ3) is 4.00. The van der Waals surface area contributed by atoms with Gasteiger partial charge in [0.15, 0.2) is 6.23 Å². The van der Waals surface area contributed by atoms with Gasteiger partial charge < -0.3 is 10.1 Å². The molecule has 1 atom stereocenters. The van der Waals surface area contributed by atoms with Gasteiger partial charge in [-0.15, -0.1) is 5.10 Å². The minimum absolute atomic E-state index is 0.143. The number of hydrogen-bond acceptors (Lipinski definition) is 6. The second-order valence-electron chi connectivity index (χ2n) is 9.62. The highest BCUT2D eigenvalue weighted by Crippen LogP contribution is 2.35. The summed E-state index contributed by atoms with van der Waals surface area (Å²) < 4.78 is 24.3. The van der Waals surface area contributed by atoms with Crippen LogP contribution in [-0.2, 0) is 17.7 Å². The van der Waals surface area contributed by atoms with Crippen molar-refractivity contribution in [3.63, 3.8) is 0 Å². The zero-order valence-electron chi connectivity index (χ0n) is 20.3. The predicted octanol–water partition coefficient (Wildman–Crippen LogP) is 4.83. The Bertz CT molecular complexity index is 1600. The number of aromatic nitrogens is 6. The molecule has 2 aromatic carbocycles. The van der Waals surface area contributed by atoms with Gasteiger partial charge in [-0.2, -0.15) is 9.49 Å². The molecule has 0 spiro atoms. The smallest absolute Gasteiger partial charge is 0.220 e. The summed E-state index contributed by atoms with van der Waals surface area (Å²) in [6.45, 7) is 2.58. The highest BCUT2D eigenvalue weighted by Gasteiger charge is 2.24. The van der Waals surface area contributed by atoms with Crippen molar-refractivity contribution in [2.45, 2.75) is 38.5 Å². The van der Waals surface area contributed by atoms with Crippen LogP contribution in [-0.4, -0.2) is 42.9 Å². The molecule has 0 saturated carbocycles. The van der Waals surface area contributed by atoms with E-state index in [9.17, 15) is 4.39 Å². The Morgan fingerprint density at radius 1 is 1.05 bits per heavy atom. The Balaban J connectivity index is 1.34. The number of rotatable bonds is 4. The Labute approximate surface area is 213 Å². The lowest BCUT2D eigenvalue weighted by atomic mass is 10.0. The lowest BCUT2D eigenvalue weighted by Gasteiger charge is -2.23. The van der Waals surface area contributed by atoms with Gasteiger partial charge in [-0.05, 0) is 85.3 Å². The van der Waals surface area contributed by atoms with Crippen LogP contribution in [0.2, 0.25) is 0 Å². The molecule has 1 N–H and O–H groups in total. The zero-order chi connectivity index (χ0) is 24.8. The zero-order valence-corrected chi connectivity index (χ0v) is 20.3. The third-order valence-electron chi connectivity index (χ3n) is 7.28. The van der Waals surface area contributed by atoms with Crippen LogP contribution >= 0.6 is 0 Å². The average Bonchev–Trinajstić information content (AvgIpc) is 3.59. The van der Waals surface area contributed by atoms with Gasteiger partial charge in [-0.3, -0.25) is 0 Å². The molecule has 9 heteroatoms. The maximum atomic E-state index is 14.5. The van der Waals surface area contributed by atoms with Crippen LogP contribution in [0.15, 0.2) is 60.9 Å². The van der Waals surface area contributed by atoms with Crippen LogP contribution < -0.4 is 5.32 Å². The summed E-state index contributed by atoms with van der Waals surface area (Å²) in [7, 11) is 0. The van der Waals surface area contributed by atoms with Gasteiger partial charge in [0.05, 0.1) is 17.4 Å². The van der Waals surface area contributed by atoms with E-state index in [1.54, 1.807) is 16.8 Å². The van der Waals surface area contributed by atoms with Gasteiger partial charge in [-0.25, -0.2) is 14.3 Å².